The average molecular weight is 285 g/mol. The van der Waals surface area contributed by atoms with Gasteiger partial charge in [-0.15, -0.1) is 0 Å². The van der Waals surface area contributed by atoms with Gasteiger partial charge in [-0.1, -0.05) is 11.8 Å². The second-order valence-corrected chi connectivity index (χ2v) is 4.93. The van der Waals surface area contributed by atoms with Gasteiger partial charge in [0, 0.05) is 19.4 Å². The first-order valence-corrected chi connectivity index (χ1v) is 5.83. The molecule has 78 valence electrons. The van der Waals surface area contributed by atoms with Crippen molar-refractivity contribution in [2.45, 2.75) is 9.79 Å². The first kappa shape index (κ1) is 10.5. The van der Waals surface area contributed by atoms with E-state index in [0.29, 0.717) is 5.69 Å². The molecule has 0 aliphatic heterocycles. The quantitative estimate of drug-likeness (QED) is 0.920. The third kappa shape index (κ3) is 2.32. The van der Waals surface area contributed by atoms with E-state index in [1.54, 1.807) is 35.0 Å². The number of nitrogens with zero attached hydrogens (tertiary/aromatic N) is 3. The molecule has 4 nitrogen and oxygen atoms in total. The van der Waals surface area contributed by atoms with Crippen molar-refractivity contribution < 1.29 is 0 Å². The molecular formula is C9H9BrN4S. The number of halogens is 1. The fourth-order valence-electron chi connectivity index (χ4n) is 1.12. The van der Waals surface area contributed by atoms with E-state index in [0.717, 1.165) is 14.3 Å². The van der Waals surface area contributed by atoms with Crippen molar-refractivity contribution in [2.75, 3.05) is 5.73 Å². The number of aromatic nitrogens is 3. The molecule has 2 heterocycles. The van der Waals surface area contributed by atoms with E-state index in [1.165, 1.54) is 0 Å². The number of pyridine rings is 1. The monoisotopic (exact) mass is 284 g/mol. The standard InChI is InChI=1S/C9H9BrN4S/c1-14-5-6(2-13-14)15-9-7(10)3-12-4-8(9)11/h2-5H,11H2,1H3. The highest BCUT2D eigenvalue weighted by Gasteiger charge is 2.07. The first-order chi connectivity index (χ1) is 7.16. The van der Waals surface area contributed by atoms with Gasteiger partial charge in [0.25, 0.3) is 0 Å². The Hall–Kier alpha value is -1.01. The summed E-state index contributed by atoms with van der Waals surface area (Å²) in [7, 11) is 1.88. The maximum atomic E-state index is 5.84. The van der Waals surface area contributed by atoms with Crippen molar-refractivity contribution in [3.8, 4) is 0 Å². The number of aryl methyl sites for hydroxylation is 1. The number of hydrogen-bond donors (Lipinski definition) is 1. The summed E-state index contributed by atoms with van der Waals surface area (Å²) in [5.74, 6) is 0. The highest BCUT2D eigenvalue weighted by Crippen LogP contribution is 2.36. The smallest absolute Gasteiger partial charge is 0.0653 e. The molecule has 0 amide bonds. The summed E-state index contributed by atoms with van der Waals surface area (Å²) in [5.41, 5.74) is 6.50. The first-order valence-electron chi connectivity index (χ1n) is 4.22. The lowest BCUT2D eigenvalue weighted by atomic mass is 10.4. The predicted molar refractivity (Wildman–Crippen MR) is 63.7 cm³/mol. The van der Waals surface area contributed by atoms with E-state index < -0.39 is 0 Å². The summed E-state index contributed by atoms with van der Waals surface area (Å²) in [6.07, 6.45) is 7.12. The molecule has 2 rings (SSSR count). The summed E-state index contributed by atoms with van der Waals surface area (Å²) in [5, 5.41) is 4.10. The third-order valence-electron chi connectivity index (χ3n) is 1.78. The fourth-order valence-corrected chi connectivity index (χ4v) is 2.57. The number of anilines is 1. The summed E-state index contributed by atoms with van der Waals surface area (Å²) in [6, 6.07) is 0. The molecule has 2 aromatic rings. The second-order valence-electron chi connectivity index (χ2n) is 2.99. The summed E-state index contributed by atoms with van der Waals surface area (Å²) in [6.45, 7) is 0. The van der Waals surface area contributed by atoms with Gasteiger partial charge in [0.05, 0.1) is 32.3 Å². The van der Waals surface area contributed by atoms with Crippen molar-refractivity contribution in [3.05, 3.63) is 29.3 Å². The van der Waals surface area contributed by atoms with Gasteiger partial charge < -0.3 is 5.73 Å². The molecule has 0 atom stereocenters. The molecular weight excluding hydrogens is 276 g/mol. The molecule has 0 saturated carbocycles. The van der Waals surface area contributed by atoms with Gasteiger partial charge in [0.1, 0.15) is 0 Å². The van der Waals surface area contributed by atoms with Crippen LogP contribution in [-0.4, -0.2) is 14.8 Å². The van der Waals surface area contributed by atoms with Crippen molar-refractivity contribution in [1.29, 1.82) is 0 Å². The van der Waals surface area contributed by atoms with Crippen LogP contribution >= 0.6 is 27.7 Å². The Kier molecular flexibility index (Phi) is 2.97. The van der Waals surface area contributed by atoms with Crippen LogP contribution in [0, 0.1) is 0 Å². The van der Waals surface area contributed by atoms with Gasteiger partial charge >= 0.3 is 0 Å². The molecule has 0 fully saturated rings. The van der Waals surface area contributed by atoms with Crippen molar-refractivity contribution in [3.63, 3.8) is 0 Å². The number of nitrogens with two attached hydrogens (primary N) is 1. The van der Waals surface area contributed by atoms with Gasteiger partial charge in [-0.2, -0.15) is 5.10 Å². The van der Waals surface area contributed by atoms with Crippen molar-refractivity contribution in [1.82, 2.24) is 14.8 Å². The molecule has 6 heteroatoms. The Labute approximate surface area is 100 Å². The minimum Gasteiger partial charge on any atom is -0.397 e. The van der Waals surface area contributed by atoms with Crippen LogP contribution in [0.3, 0.4) is 0 Å². The minimum atomic E-state index is 0.665. The molecule has 0 saturated heterocycles. The Morgan fingerprint density at radius 2 is 2.20 bits per heavy atom. The number of hydrogen-bond acceptors (Lipinski definition) is 4. The Morgan fingerprint density at radius 1 is 1.40 bits per heavy atom. The number of nitrogen functional groups attached to an aromatic ring is 1. The lowest BCUT2D eigenvalue weighted by Gasteiger charge is -2.04. The van der Waals surface area contributed by atoms with Crippen LogP contribution in [0.2, 0.25) is 0 Å². The summed E-state index contributed by atoms with van der Waals surface area (Å²) in [4.78, 5) is 6.01. The molecule has 0 aliphatic carbocycles. The molecule has 15 heavy (non-hydrogen) atoms. The van der Waals surface area contributed by atoms with Crippen LogP contribution in [-0.2, 0) is 7.05 Å². The van der Waals surface area contributed by atoms with Crippen molar-refractivity contribution >= 4 is 33.4 Å². The Morgan fingerprint density at radius 3 is 2.80 bits per heavy atom. The van der Waals surface area contributed by atoms with Gasteiger partial charge in [-0.3, -0.25) is 9.67 Å². The zero-order valence-electron chi connectivity index (χ0n) is 8.01. The molecule has 2 N–H and O–H groups in total. The summed E-state index contributed by atoms with van der Waals surface area (Å²) < 4.78 is 2.66. The maximum absolute atomic E-state index is 5.84. The normalized spacial score (nSPS) is 10.5. The van der Waals surface area contributed by atoms with Gasteiger partial charge in [-0.25, -0.2) is 0 Å². The molecule has 0 spiro atoms. The van der Waals surface area contributed by atoms with E-state index in [2.05, 4.69) is 26.0 Å². The molecule has 0 bridgehead atoms. The van der Waals surface area contributed by atoms with Crippen LogP contribution in [0.15, 0.2) is 39.1 Å². The lowest BCUT2D eigenvalue weighted by Crippen LogP contribution is -1.90. The van der Waals surface area contributed by atoms with Crippen molar-refractivity contribution in [2.24, 2.45) is 7.05 Å². The largest absolute Gasteiger partial charge is 0.397 e. The van der Waals surface area contributed by atoms with E-state index >= 15 is 0 Å². The van der Waals surface area contributed by atoms with Gasteiger partial charge in [0.15, 0.2) is 0 Å². The lowest BCUT2D eigenvalue weighted by molar-refractivity contribution is 0.766. The van der Waals surface area contributed by atoms with Gasteiger partial charge in [0.2, 0.25) is 0 Å². The van der Waals surface area contributed by atoms with E-state index in [4.69, 9.17) is 5.73 Å². The maximum Gasteiger partial charge on any atom is 0.0653 e. The van der Waals surface area contributed by atoms with E-state index in [1.807, 2.05) is 13.2 Å². The van der Waals surface area contributed by atoms with Crippen LogP contribution in [0.25, 0.3) is 0 Å². The van der Waals surface area contributed by atoms with Crippen LogP contribution in [0.1, 0.15) is 0 Å². The Bertz CT molecular complexity index is 462. The average Bonchev–Trinajstić information content (AvgIpc) is 2.58. The van der Waals surface area contributed by atoms with Crippen LogP contribution < -0.4 is 5.73 Å². The minimum absolute atomic E-state index is 0.665. The molecule has 0 aliphatic rings. The third-order valence-corrected chi connectivity index (χ3v) is 3.75. The zero-order valence-corrected chi connectivity index (χ0v) is 10.4. The van der Waals surface area contributed by atoms with Crippen LogP contribution in [0.5, 0.6) is 0 Å². The predicted octanol–water partition coefficient (Wildman–Crippen LogP) is 2.31. The molecule has 2 aromatic heterocycles. The SMILES string of the molecule is Cn1cc(Sc2c(N)cncc2Br)cn1. The van der Waals surface area contributed by atoms with Crippen LogP contribution in [0.4, 0.5) is 5.69 Å². The zero-order chi connectivity index (χ0) is 10.8. The topological polar surface area (TPSA) is 56.7 Å². The molecule has 0 radical (unpaired) electrons. The van der Waals surface area contributed by atoms with E-state index in [-0.39, 0.29) is 0 Å². The van der Waals surface area contributed by atoms with E-state index in [9.17, 15) is 0 Å². The number of rotatable bonds is 2. The summed E-state index contributed by atoms with van der Waals surface area (Å²) >= 11 is 4.99. The molecule has 0 unspecified atom stereocenters. The second kappa shape index (κ2) is 4.24. The Balaban J connectivity index is 2.31. The fraction of sp³-hybridized carbons (Fsp3) is 0.111. The highest BCUT2D eigenvalue weighted by molar-refractivity contribution is 9.10. The molecule has 0 aromatic carbocycles. The highest BCUT2D eigenvalue weighted by atomic mass is 79.9. The van der Waals surface area contributed by atoms with Gasteiger partial charge in [-0.05, 0) is 15.9 Å².